The molecule has 1 aliphatic heterocycles. The summed E-state index contributed by atoms with van der Waals surface area (Å²) in [6, 6.07) is -0.129. The summed E-state index contributed by atoms with van der Waals surface area (Å²) >= 11 is 0. The summed E-state index contributed by atoms with van der Waals surface area (Å²) in [5.74, 6) is 0.130. The Kier molecular flexibility index (Phi) is 4.80. The number of nitrogens with zero attached hydrogens (tertiary/aromatic N) is 1. The van der Waals surface area contributed by atoms with Crippen LogP contribution in [-0.4, -0.2) is 42.4 Å². The number of carbonyl (C=O) groups excluding carboxylic acids is 2. The maximum absolute atomic E-state index is 12.6. The predicted molar refractivity (Wildman–Crippen MR) is 73.4 cm³/mol. The van der Waals surface area contributed by atoms with Crippen molar-refractivity contribution in [3.8, 4) is 0 Å². The van der Waals surface area contributed by atoms with Gasteiger partial charge in [-0.05, 0) is 38.5 Å². The monoisotopic (exact) mass is 267 g/mol. The van der Waals surface area contributed by atoms with Crippen LogP contribution in [0.2, 0.25) is 0 Å². The van der Waals surface area contributed by atoms with Gasteiger partial charge in [0, 0.05) is 25.6 Å². The molecule has 0 bridgehead atoms. The molecule has 0 aromatic rings. The van der Waals surface area contributed by atoms with Crippen LogP contribution in [-0.2, 0) is 9.59 Å². The number of hydrogen-bond donors (Lipinski definition) is 2. The molecule has 0 aromatic heterocycles. The van der Waals surface area contributed by atoms with E-state index in [0.29, 0.717) is 6.54 Å². The Bertz CT molecular complexity index is 346. The van der Waals surface area contributed by atoms with Crippen molar-refractivity contribution >= 4 is 11.8 Å². The molecule has 19 heavy (non-hydrogen) atoms. The molecule has 2 amide bonds. The van der Waals surface area contributed by atoms with E-state index < -0.39 is 0 Å². The first-order valence-electron chi connectivity index (χ1n) is 7.41. The first kappa shape index (κ1) is 14.3. The Hall–Kier alpha value is -1.10. The number of likely N-dealkylation sites (N-methyl/N-ethyl adjacent to an activating group) is 1. The van der Waals surface area contributed by atoms with Crippen LogP contribution >= 0.6 is 0 Å². The second-order valence-electron chi connectivity index (χ2n) is 5.78. The Morgan fingerprint density at radius 1 is 1.16 bits per heavy atom. The van der Waals surface area contributed by atoms with Crippen molar-refractivity contribution in [2.45, 2.75) is 57.0 Å². The highest BCUT2D eigenvalue weighted by Gasteiger charge is 2.36. The average Bonchev–Trinajstić information content (AvgIpc) is 2.45. The van der Waals surface area contributed by atoms with Gasteiger partial charge in [0.25, 0.3) is 0 Å². The number of piperidine rings is 1. The van der Waals surface area contributed by atoms with E-state index in [0.717, 1.165) is 44.9 Å². The van der Waals surface area contributed by atoms with Gasteiger partial charge in [0.05, 0.1) is 0 Å². The molecular weight excluding hydrogens is 242 g/mol. The third-order valence-electron chi connectivity index (χ3n) is 4.40. The number of amides is 2. The third-order valence-corrected chi connectivity index (χ3v) is 4.40. The van der Waals surface area contributed by atoms with E-state index in [2.05, 4.69) is 5.32 Å². The first-order valence-corrected chi connectivity index (χ1v) is 7.41. The Labute approximate surface area is 114 Å². The van der Waals surface area contributed by atoms with Gasteiger partial charge in [0.1, 0.15) is 6.04 Å². The summed E-state index contributed by atoms with van der Waals surface area (Å²) in [5, 5.41) is 2.67. The summed E-state index contributed by atoms with van der Waals surface area (Å²) in [7, 11) is 1.64. The molecule has 0 aromatic carbocycles. The van der Waals surface area contributed by atoms with Crippen molar-refractivity contribution < 1.29 is 9.59 Å². The maximum Gasteiger partial charge on any atom is 0.242 e. The second kappa shape index (κ2) is 6.37. The molecule has 0 spiro atoms. The van der Waals surface area contributed by atoms with Crippen LogP contribution in [0.25, 0.3) is 0 Å². The Morgan fingerprint density at radius 2 is 1.95 bits per heavy atom. The molecule has 5 nitrogen and oxygen atoms in total. The third kappa shape index (κ3) is 3.26. The zero-order valence-corrected chi connectivity index (χ0v) is 11.7. The minimum absolute atomic E-state index is 0.0222. The van der Waals surface area contributed by atoms with E-state index in [4.69, 9.17) is 5.73 Å². The van der Waals surface area contributed by atoms with Gasteiger partial charge in [-0.3, -0.25) is 9.59 Å². The predicted octanol–water partition coefficient (Wildman–Crippen LogP) is 0.631. The molecule has 3 unspecified atom stereocenters. The lowest BCUT2D eigenvalue weighted by molar-refractivity contribution is -0.146. The first-order chi connectivity index (χ1) is 9.13. The number of carbonyl (C=O) groups is 2. The standard InChI is InChI=1S/C14H25N3O2/c1-16-13(18)12-7-2-3-8-17(12)14(19)10-5-4-6-11(15)9-10/h10-12H,2-9,15H2,1H3,(H,16,18). The van der Waals surface area contributed by atoms with Crippen molar-refractivity contribution in [1.82, 2.24) is 10.2 Å². The zero-order valence-electron chi connectivity index (χ0n) is 11.7. The van der Waals surface area contributed by atoms with Crippen LogP contribution in [0.5, 0.6) is 0 Å². The van der Waals surface area contributed by atoms with Gasteiger partial charge >= 0.3 is 0 Å². The Balaban J connectivity index is 2.04. The van der Waals surface area contributed by atoms with Crippen LogP contribution < -0.4 is 11.1 Å². The van der Waals surface area contributed by atoms with Crippen LogP contribution in [0.1, 0.15) is 44.9 Å². The highest BCUT2D eigenvalue weighted by Crippen LogP contribution is 2.28. The minimum Gasteiger partial charge on any atom is -0.357 e. The van der Waals surface area contributed by atoms with Crippen molar-refractivity contribution in [2.24, 2.45) is 11.7 Å². The topological polar surface area (TPSA) is 75.4 Å². The van der Waals surface area contributed by atoms with Gasteiger partial charge < -0.3 is 16.0 Å². The van der Waals surface area contributed by atoms with Gasteiger partial charge in [-0.1, -0.05) is 6.42 Å². The van der Waals surface area contributed by atoms with E-state index >= 15 is 0 Å². The molecule has 0 radical (unpaired) electrons. The molecule has 1 heterocycles. The molecule has 3 N–H and O–H groups in total. The molecule has 1 aliphatic carbocycles. The molecule has 2 fully saturated rings. The summed E-state index contributed by atoms with van der Waals surface area (Å²) in [6.07, 6.45) is 6.53. The van der Waals surface area contributed by atoms with Crippen molar-refractivity contribution in [1.29, 1.82) is 0 Å². The normalized spacial score (nSPS) is 31.9. The Morgan fingerprint density at radius 3 is 2.63 bits per heavy atom. The number of rotatable bonds is 2. The summed E-state index contributed by atoms with van der Waals surface area (Å²) < 4.78 is 0. The molecule has 2 rings (SSSR count). The van der Waals surface area contributed by atoms with E-state index in [1.807, 2.05) is 0 Å². The molecule has 1 saturated carbocycles. The highest BCUT2D eigenvalue weighted by molar-refractivity contribution is 5.88. The van der Waals surface area contributed by atoms with Crippen molar-refractivity contribution in [3.05, 3.63) is 0 Å². The lowest BCUT2D eigenvalue weighted by Gasteiger charge is -2.38. The van der Waals surface area contributed by atoms with Gasteiger partial charge in [-0.2, -0.15) is 0 Å². The second-order valence-corrected chi connectivity index (χ2v) is 5.78. The van der Waals surface area contributed by atoms with Crippen LogP contribution in [0, 0.1) is 5.92 Å². The number of likely N-dealkylation sites (tertiary alicyclic amines) is 1. The fourth-order valence-corrected chi connectivity index (χ4v) is 3.32. The SMILES string of the molecule is CNC(=O)C1CCCCN1C(=O)C1CCCC(N)C1. The van der Waals surface area contributed by atoms with E-state index in [1.54, 1.807) is 11.9 Å². The fourth-order valence-electron chi connectivity index (χ4n) is 3.32. The van der Waals surface area contributed by atoms with Crippen LogP contribution in [0.4, 0.5) is 0 Å². The van der Waals surface area contributed by atoms with Crippen LogP contribution in [0.15, 0.2) is 0 Å². The van der Waals surface area contributed by atoms with Crippen LogP contribution in [0.3, 0.4) is 0 Å². The van der Waals surface area contributed by atoms with Gasteiger partial charge in [0.2, 0.25) is 11.8 Å². The van der Waals surface area contributed by atoms with Gasteiger partial charge in [-0.15, -0.1) is 0 Å². The fraction of sp³-hybridized carbons (Fsp3) is 0.857. The van der Waals surface area contributed by atoms with Gasteiger partial charge in [-0.25, -0.2) is 0 Å². The number of nitrogens with one attached hydrogen (secondary N) is 1. The molecular formula is C14H25N3O2. The van der Waals surface area contributed by atoms with Crippen molar-refractivity contribution in [2.75, 3.05) is 13.6 Å². The molecule has 1 saturated heterocycles. The van der Waals surface area contributed by atoms with Crippen molar-refractivity contribution in [3.63, 3.8) is 0 Å². The lowest BCUT2D eigenvalue weighted by atomic mass is 9.84. The van der Waals surface area contributed by atoms with E-state index in [9.17, 15) is 9.59 Å². The molecule has 108 valence electrons. The number of nitrogens with two attached hydrogens (primary N) is 1. The molecule has 3 atom stereocenters. The largest absolute Gasteiger partial charge is 0.357 e. The quantitative estimate of drug-likeness (QED) is 0.770. The summed E-state index contributed by atoms with van der Waals surface area (Å²) in [5.41, 5.74) is 5.96. The minimum atomic E-state index is -0.274. The summed E-state index contributed by atoms with van der Waals surface area (Å²) in [6.45, 7) is 0.711. The van der Waals surface area contributed by atoms with E-state index in [1.165, 1.54) is 0 Å². The lowest BCUT2D eigenvalue weighted by Crippen LogP contribution is -2.53. The van der Waals surface area contributed by atoms with E-state index in [-0.39, 0.29) is 29.8 Å². The van der Waals surface area contributed by atoms with Gasteiger partial charge in [0.15, 0.2) is 0 Å². The summed E-state index contributed by atoms with van der Waals surface area (Å²) in [4.78, 5) is 26.3. The molecule has 5 heteroatoms. The molecule has 2 aliphatic rings. The number of hydrogen-bond acceptors (Lipinski definition) is 3. The maximum atomic E-state index is 12.6. The highest BCUT2D eigenvalue weighted by atomic mass is 16.2. The smallest absolute Gasteiger partial charge is 0.242 e. The zero-order chi connectivity index (χ0) is 13.8. The average molecular weight is 267 g/mol.